The summed E-state index contributed by atoms with van der Waals surface area (Å²) in [4.78, 5) is 27.8. The van der Waals surface area contributed by atoms with Crippen LogP contribution in [0.4, 0.5) is 8.78 Å². The second kappa shape index (κ2) is 8.02. The van der Waals surface area contributed by atoms with Gasteiger partial charge in [0, 0.05) is 42.7 Å². The van der Waals surface area contributed by atoms with E-state index in [2.05, 4.69) is 5.10 Å². The van der Waals surface area contributed by atoms with Crippen molar-refractivity contribution in [3.05, 3.63) is 69.9 Å². The van der Waals surface area contributed by atoms with Gasteiger partial charge < -0.3 is 10.0 Å². The van der Waals surface area contributed by atoms with Gasteiger partial charge in [0.1, 0.15) is 17.8 Å². The van der Waals surface area contributed by atoms with E-state index in [1.165, 1.54) is 23.0 Å². The van der Waals surface area contributed by atoms with E-state index in [1.807, 2.05) is 11.9 Å². The van der Waals surface area contributed by atoms with Gasteiger partial charge in [-0.05, 0) is 32.3 Å². The average molecular weight is 455 g/mol. The van der Waals surface area contributed by atoms with Crippen molar-refractivity contribution < 1.29 is 18.7 Å². The van der Waals surface area contributed by atoms with Gasteiger partial charge in [-0.15, -0.1) is 0 Å². The Bertz CT molecular complexity index is 1300. The van der Waals surface area contributed by atoms with Crippen molar-refractivity contribution in [3.8, 4) is 16.9 Å². The molecule has 2 aromatic heterocycles. The number of carbonyl (C=O) groups is 1. The molecule has 0 saturated carbocycles. The standard InChI is InChI=1S/C23H23F2N5O3/c1-2-28-19-5-3-4-8-29(19)30-13-17(21(31)22(32)20(30)23(28)33)15-10-26-27(12-15)11-14-6-7-16(24)9-18(14)25/h6-7,9-10,12-13,19,32H,2-5,8,11H2,1H3/t19-/m1/s1. The van der Waals surface area contributed by atoms with Crippen molar-refractivity contribution in [2.45, 2.75) is 38.9 Å². The molecule has 2 aliphatic heterocycles. The first-order chi connectivity index (χ1) is 15.9. The van der Waals surface area contributed by atoms with Gasteiger partial charge in [0.2, 0.25) is 5.43 Å². The lowest BCUT2D eigenvalue weighted by Gasteiger charge is -2.48. The van der Waals surface area contributed by atoms with Crippen molar-refractivity contribution in [2.75, 3.05) is 18.1 Å². The van der Waals surface area contributed by atoms with E-state index < -0.39 is 22.8 Å². The van der Waals surface area contributed by atoms with E-state index in [-0.39, 0.29) is 35.4 Å². The predicted molar refractivity (Wildman–Crippen MR) is 116 cm³/mol. The van der Waals surface area contributed by atoms with E-state index in [1.54, 1.807) is 22.0 Å². The molecule has 0 radical (unpaired) electrons. The minimum absolute atomic E-state index is 0.0375. The molecule has 0 aliphatic carbocycles. The van der Waals surface area contributed by atoms with Crippen LogP contribution in [0.3, 0.4) is 0 Å². The first-order valence-corrected chi connectivity index (χ1v) is 10.9. The maximum atomic E-state index is 14.0. The number of hydrogen-bond acceptors (Lipinski definition) is 5. The minimum atomic E-state index is -0.686. The molecular formula is C23H23F2N5O3. The van der Waals surface area contributed by atoms with E-state index >= 15 is 0 Å². The molecule has 1 atom stereocenters. The molecule has 4 heterocycles. The number of carbonyl (C=O) groups excluding carboxylic acids is 1. The SMILES string of the molecule is CCN1C(=O)c2c(O)c(=O)c(-c3cnn(Cc4ccc(F)cc4F)c3)cn2N2CCCC[C@H]12. The summed E-state index contributed by atoms with van der Waals surface area (Å²) < 4.78 is 30.2. The monoisotopic (exact) mass is 455 g/mol. The molecule has 1 fully saturated rings. The molecule has 1 amide bonds. The number of piperidine rings is 1. The highest BCUT2D eigenvalue weighted by Crippen LogP contribution is 2.31. The third-order valence-corrected chi connectivity index (χ3v) is 6.34. The van der Waals surface area contributed by atoms with Gasteiger partial charge in [0.05, 0.1) is 18.3 Å². The Morgan fingerprint density at radius 3 is 2.76 bits per heavy atom. The van der Waals surface area contributed by atoms with Crippen LogP contribution in [0.5, 0.6) is 5.75 Å². The van der Waals surface area contributed by atoms with Crippen molar-refractivity contribution >= 4 is 5.91 Å². The maximum Gasteiger partial charge on any atom is 0.278 e. The van der Waals surface area contributed by atoms with Crippen LogP contribution in [-0.2, 0) is 6.54 Å². The number of fused-ring (bicyclic) bond motifs is 3. The summed E-state index contributed by atoms with van der Waals surface area (Å²) in [5.41, 5.74) is 0.145. The maximum absolute atomic E-state index is 14.0. The topological polar surface area (TPSA) is 83.6 Å². The number of halogens is 2. The second-order valence-corrected chi connectivity index (χ2v) is 8.31. The molecule has 1 aromatic carbocycles. The van der Waals surface area contributed by atoms with Crippen molar-refractivity contribution in [1.29, 1.82) is 0 Å². The summed E-state index contributed by atoms with van der Waals surface area (Å²) in [7, 11) is 0. The van der Waals surface area contributed by atoms with E-state index in [0.29, 0.717) is 18.7 Å². The molecule has 0 spiro atoms. The minimum Gasteiger partial charge on any atom is -0.502 e. The van der Waals surface area contributed by atoms with E-state index in [9.17, 15) is 23.5 Å². The largest absolute Gasteiger partial charge is 0.502 e. The molecule has 1 saturated heterocycles. The molecule has 2 aliphatic rings. The molecular weight excluding hydrogens is 432 g/mol. The van der Waals surface area contributed by atoms with Gasteiger partial charge in [0.15, 0.2) is 11.4 Å². The van der Waals surface area contributed by atoms with E-state index in [0.717, 1.165) is 25.3 Å². The van der Waals surface area contributed by atoms with Crippen molar-refractivity contribution in [1.82, 2.24) is 19.4 Å². The van der Waals surface area contributed by atoms with Crippen LogP contribution in [-0.4, -0.2) is 49.6 Å². The number of amides is 1. The number of pyridine rings is 1. The highest BCUT2D eigenvalue weighted by molar-refractivity contribution is 5.97. The Balaban J connectivity index is 1.55. The third-order valence-electron chi connectivity index (χ3n) is 6.34. The van der Waals surface area contributed by atoms with Crippen LogP contribution in [0.1, 0.15) is 42.2 Å². The smallest absolute Gasteiger partial charge is 0.278 e. The van der Waals surface area contributed by atoms with Gasteiger partial charge in [-0.2, -0.15) is 5.10 Å². The number of aromatic hydroxyl groups is 1. The second-order valence-electron chi connectivity index (χ2n) is 8.31. The normalized spacial score (nSPS) is 17.8. The molecule has 0 unspecified atom stereocenters. The number of rotatable bonds is 4. The fourth-order valence-corrected chi connectivity index (χ4v) is 4.70. The van der Waals surface area contributed by atoms with Gasteiger partial charge in [-0.25, -0.2) is 8.78 Å². The number of benzene rings is 1. The molecule has 172 valence electrons. The summed E-state index contributed by atoms with van der Waals surface area (Å²) in [6, 6.07) is 3.31. The van der Waals surface area contributed by atoms with Crippen molar-refractivity contribution in [2.24, 2.45) is 0 Å². The Morgan fingerprint density at radius 2 is 2.00 bits per heavy atom. The summed E-state index contributed by atoms with van der Waals surface area (Å²) in [5, 5.41) is 16.9. The molecule has 1 N–H and O–H groups in total. The number of hydrogen-bond donors (Lipinski definition) is 1. The number of nitrogens with zero attached hydrogens (tertiary/aromatic N) is 5. The summed E-state index contributed by atoms with van der Waals surface area (Å²) >= 11 is 0. The molecule has 33 heavy (non-hydrogen) atoms. The van der Waals surface area contributed by atoms with Gasteiger partial charge in [-0.3, -0.25) is 24.0 Å². The Hall–Kier alpha value is -3.69. The van der Waals surface area contributed by atoms with Crippen LogP contribution < -0.4 is 10.4 Å². The lowest BCUT2D eigenvalue weighted by molar-refractivity contribution is 0.0536. The Morgan fingerprint density at radius 1 is 1.18 bits per heavy atom. The zero-order valence-corrected chi connectivity index (χ0v) is 18.0. The van der Waals surface area contributed by atoms with E-state index in [4.69, 9.17) is 0 Å². The molecule has 0 bridgehead atoms. The van der Waals surface area contributed by atoms with Gasteiger partial charge in [-0.1, -0.05) is 6.07 Å². The first kappa shape index (κ1) is 21.2. The number of aromatic nitrogens is 3. The van der Waals surface area contributed by atoms with Crippen LogP contribution in [0, 0.1) is 11.6 Å². The van der Waals surface area contributed by atoms with Crippen LogP contribution in [0.25, 0.3) is 11.1 Å². The molecule has 5 rings (SSSR count). The highest BCUT2D eigenvalue weighted by atomic mass is 19.1. The molecule has 8 nitrogen and oxygen atoms in total. The van der Waals surface area contributed by atoms with Crippen LogP contribution in [0.2, 0.25) is 0 Å². The summed E-state index contributed by atoms with van der Waals surface area (Å²) in [6.07, 6.45) is 7.17. The average Bonchev–Trinajstić information content (AvgIpc) is 3.26. The Labute approximate surface area is 188 Å². The Kier molecular flexibility index (Phi) is 5.15. The predicted octanol–water partition coefficient (Wildman–Crippen LogP) is 2.67. The molecule has 3 aromatic rings. The summed E-state index contributed by atoms with van der Waals surface area (Å²) in [5.74, 6) is -2.32. The van der Waals surface area contributed by atoms with Gasteiger partial charge >= 0.3 is 0 Å². The fourth-order valence-electron chi connectivity index (χ4n) is 4.70. The lowest BCUT2D eigenvalue weighted by Crippen LogP contribution is -2.62. The lowest BCUT2D eigenvalue weighted by atomic mass is 10.0. The zero-order chi connectivity index (χ0) is 23.3. The van der Waals surface area contributed by atoms with Crippen molar-refractivity contribution in [3.63, 3.8) is 0 Å². The quantitative estimate of drug-likeness (QED) is 0.654. The first-order valence-electron chi connectivity index (χ1n) is 10.9. The highest BCUT2D eigenvalue weighted by Gasteiger charge is 2.40. The zero-order valence-electron chi connectivity index (χ0n) is 18.0. The molecule has 10 heteroatoms. The van der Waals surface area contributed by atoms with Gasteiger partial charge in [0.25, 0.3) is 5.91 Å². The van der Waals surface area contributed by atoms with Crippen LogP contribution in [0.15, 0.2) is 41.6 Å². The van der Waals surface area contributed by atoms with Crippen LogP contribution >= 0.6 is 0 Å². The summed E-state index contributed by atoms with van der Waals surface area (Å²) in [6.45, 7) is 3.08. The fraction of sp³-hybridized carbons (Fsp3) is 0.348. The third kappa shape index (κ3) is 3.46.